The Morgan fingerprint density at radius 1 is 0.929 bits per heavy atom. The van der Waals surface area contributed by atoms with Crippen LogP contribution in [0.1, 0.15) is 25.5 Å². The van der Waals surface area contributed by atoms with Crippen molar-refractivity contribution in [2.45, 2.75) is 30.9 Å². The van der Waals surface area contributed by atoms with Crippen molar-refractivity contribution in [1.82, 2.24) is 5.32 Å². The van der Waals surface area contributed by atoms with Gasteiger partial charge in [0.25, 0.3) is 5.91 Å². The fourth-order valence-electron chi connectivity index (χ4n) is 2.92. The van der Waals surface area contributed by atoms with Crippen molar-refractivity contribution in [3.63, 3.8) is 0 Å². The first kappa shape index (κ1) is 19.9. The molecule has 0 saturated carbocycles. The maximum Gasteiger partial charge on any atom is 0.261 e. The Balaban J connectivity index is 1.64. The molecule has 146 valence electrons. The molecule has 0 aliphatic heterocycles. The van der Waals surface area contributed by atoms with Gasteiger partial charge < -0.3 is 10.1 Å². The van der Waals surface area contributed by atoms with E-state index in [1.165, 1.54) is 6.26 Å². The van der Waals surface area contributed by atoms with Gasteiger partial charge in [0.05, 0.1) is 10.9 Å². The van der Waals surface area contributed by atoms with Crippen LogP contribution in [-0.4, -0.2) is 26.7 Å². The van der Waals surface area contributed by atoms with E-state index in [9.17, 15) is 13.2 Å². The lowest BCUT2D eigenvalue weighted by Crippen LogP contribution is -2.37. The molecule has 0 fully saturated rings. The Bertz CT molecular complexity index is 1090. The highest BCUT2D eigenvalue weighted by molar-refractivity contribution is 7.90. The maximum absolute atomic E-state index is 12.5. The van der Waals surface area contributed by atoms with Gasteiger partial charge in [0.1, 0.15) is 5.75 Å². The molecule has 0 aromatic heterocycles. The van der Waals surface area contributed by atoms with Gasteiger partial charge in [-0.05, 0) is 54.4 Å². The van der Waals surface area contributed by atoms with Crippen LogP contribution >= 0.6 is 0 Å². The monoisotopic (exact) mass is 397 g/mol. The third-order valence-corrected chi connectivity index (χ3v) is 5.70. The number of carbonyl (C=O) groups is 1. The molecule has 1 amide bonds. The van der Waals surface area contributed by atoms with Gasteiger partial charge in [0.15, 0.2) is 15.9 Å². The van der Waals surface area contributed by atoms with E-state index in [-0.39, 0.29) is 16.8 Å². The van der Waals surface area contributed by atoms with E-state index in [1.54, 1.807) is 31.2 Å². The standard InChI is InChI=1S/C22H23NO4S/c1-15(17-9-12-21(13-10-17)28(3,25)26)23-22(24)16(2)27-20-11-8-18-6-4-5-7-19(18)14-20/h4-16H,1-3H3,(H,23,24)/t15-,16-/m0/s1. The molecule has 0 bridgehead atoms. The second kappa shape index (κ2) is 8.02. The van der Waals surface area contributed by atoms with E-state index < -0.39 is 15.9 Å². The van der Waals surface area contributed by atoms with Crippen molar-refractivity contribution in [2.24, 2.45) is 0 Å². The summed E-state index contributed by atoms with van der Waals surface area (Å²) in [4.78, 5) is 12.7. The number of nitrogens with one attached hydrogen (secondary N) is 1. The summed E-state index contributed by atoms with van der Waals surface area (Å²) in [6.07, 6.45) is 0.498. The molecule has 1 N–H and O–H groups in total. The van der Waals surface area contributed by atoms with Gasteiger partial charge in [0, 0.05) is 6.26 Å². The van der Waals surface area contributed by atoms with Crippen LogP contribution in [0, 0.1) is 0 Å². The fraction of sp³-hybridized carbons (Fsp3) is 0.227. The predicted octanol–water partition coefficient (Wildman–Crippen LogP) is 3.89. The van der Waals surface area contributed by atoms with E-state index in [2.05, 4.69) is 5.32 Å². The lowest BCUT2D eigenvalue weighted by Gasteiger charge is -2.19. The van der Waals surface area contributed by atoms with E-state index in [4.69, 9.17) is 4.74 Å². The van der Waals surface area contributed by atoms with Gasteiger partial charge in [-0.15, -0.1) is 0 Å². The molecule has 0 aliphatic carbocycles. The lowest BCUT2D eigenvalue weighted by atomic mass is 10.1. The van der Waals surface area contributed by atoms with Gasteiger partial charge >= 0.3 is 0 Å². The van der Waals surface area contributed by atoms with Crippen LogP contribution in [0.3, 0.4) is 0 Å². The number of rotatable bonds is 6. The third-order valence-electron chi connectivity index (χ3n) is 4.57. The first-order chi connectivity index (χ1) is 13.2. The average Bonchev–Trinajstić information content (AvgIpc) is 2.67. The smallest absolute Gasteiger partial charge is 0.261 e. The Morgan fingerprint density at radius 3 is 2.21 bits per heavy atom. The summed E-state index contributed by atoms with van der Waals surface area (Å²) in [7, 11) is -3.24. The molecule has 3 aromatic rings. The number of hydrogen-bond donors (Lipinski definition) is 1. The Morgan fingerprint density at radius 2 is 1.57 bits per heavy atom. The quantitative estimate of drug-likeness (QED) is 0.685. The highest BCUT2D eigenvalue weighted by atomic mass is 32.2. The Hall–Kier alpha value is -2.86. The molecule has 2 atom stereocenters. The largest absolute Gasteiger partial charge is 0.481 e. The molecule has 28 heavy (non-hydrogen) atoms. The van der Waals surface area contributed by atoms with Crippen molar-refractivity contribution in [2.75, 3.05) is 6.26 Å². The van der Waals surface area contributed by atoms with Crippen LogP contribution in [0.4, 0.5) is 0 Å². The van der Waals surface area contributed by atoms with Crippen molar-refractivity contribution in [1.29, 1.82) is 0 Å². The molecule has 0 unspecified atom stereocenters. The van der Waals surface area contributed by atoms with Crippen LogP contribution in [0.2, 0.25) is 0 Å². The molecule has 0 aliphatic rings. The molecule has 0 spiro atoms. The molecular weight excluding hydrogens is 374 g/mol. The zero-order valence-corrected chi connectivity index (χ0v) is 16.9. The fourth-order valence-corrected chi connectivity index (χ4v) is 3.55. The second-order valence-corrected chi connectivity index (χ2v) is 8.86. The molecule has 0 radical (unpaired) electrons. The Kier molecular flexibility index (Phi) is 5.70. The van der Waals surface area contributed by atoms with Gasteiger partial charge in [-0.1, -0.05) is 42.5 Å². The summed E-state index contributed by atoms with van der Waals surface area (Å²) in [5.41, 5.74) is 0.818. The Labute approximate surface area is 165 Å². The minimum absolute atomic E-state index is 0.243. The van der Waals surface area contributed by atoms with Gasteiger partial charge in [-0.3, -0.25) is 4.79 Å². The van der Waals surface area contributed by atoms with Gasteiger partial charge in [0.2, 0.25) is 0 Å². The number of sulfone groups is 1. The number of hydrogen-bond acceptors (Lipinski definition) is 4. The molecule has 0 heterocycles. The summed E-state index contributed by atoms with van der Waals surface area (Å²) >= 11 is 0. The maximum atomic E-state index is 12.5. The number of amides is 1. The topological polar surface area (TPSA) is 72.5 Å². The lowest BCUT2D eigenvalue weighted by molar-refractivity contribution is -0.127. The highest BCUT2D eigenvalue weighted by Crippen LogP contribution is 2.22. The third kappa shape index (κ3) is 4.70. The first-order valence-electron chi connectivity index (χ1n) is 9.00. The van der Waals surface area contributed by atoms with Crippen molar-refractivity contribution in [3.05, 3.63) is 72.3 Å². The van der Waals surface area contributed by atoms with Crippen LogP contribution in [0.25, 0.3) is 10.8 Å². The summed E-state index contributed by atoms with van der Waals surface area (Å²) < 4.78 is 28.9. The molecule has 3 rings (SSSR count). The minimum atomic E-state index is -3.24. The number of ether oxygens (including phenoxy) is 1. The molecule has 0 saturated heterocycles. The van der Waals surface area contributed by atoms with Crippen LogP contribution in [0.5, 0.6) is 5.75 Å². The zero-order valence-electron chi connectivity index (χ0n) is 16.0. The summed E-state index contributed by atoms with van der Waals surface area (Å²) in [5, 5.41) is 5.06. The summed E-state index contributed by atoms with van der Waals surface area (Å²) in [5.74, 6) is 0.388. The molecule has 6 heteroatoms. The second-order valence-electron chi connectivity index (χ2n) is 6.84. The number of fused-ring (bicyclic) bond motifs is 1. The predicted molar refractivity (Wildman–Crippen MR) is 110 cm³/mol. The zero-order chi connectivity index (χ0) is 20.3. The molecule has 5 nitrogen and oxygen atoms in total. The normalized spacial score (nSPS) is 13.7. The van der Waals surface area contributed by atoms with Gasteiger partial charge in [-0.25, -0.2) is 8.42 Å². The average molecular weight is 397 g/mol. The van der Waals surface area contributed by atoms with E-state index in [0.717, 1.165) is 16.3 Å². The minimum Gasteiger partial charge on any atom is -0.481 e. The molecule has 3 aromatic carbocycles. The molecular formula is C22H23NO4S. The van der Waals surface area contributed by atoms with Crippen LogP contribution in [0.15, 0.2) is 71.6 Å². The highest BCUT2D eigenvalue weighted by Gasteiger charge is 2.18. The number of carbonyl (C=O) groups excluding carboxylic acids is 1. The van der Waals surface area contributed by atoms with E-state index in [1.807, 2.05) is 49.4 Å². The van der Waals surface area contributed by atoms with Crippen molar-refractivity contribution < 1.29 is 17.9 Å². The van der Waals surface area contributed by atoms with Crippen LogP contribution < -0.4 is 10.1 Å². The summed E-state index contributed by atoms with van der Waals surface area (Å²) in [6.45, 7) is 3.54. The SMILES string of the molecule is C[C@H](Oc1ccc2ccccc2c1)C(=O)N[C@@H](C)c1ccc(S(C)(=O)=O)cc1. The number of benzene rings is 3. The van der Waals surface area contributed by atoms with Gasteiger partial charge in [-0.2, -0.15) is 0 Å². The first-order valence-corrected chi connectivity index (χ1v) is 10.9. The van der Waals surface area contributed by atoms with E-state index in [0.29, 0.717) is 5.75 Å². The van der Waals surface area contributed by atoms with Crippen molar-refractivity contribution in [3.8, 4) is 5.75 Å². The van der Waals surface area contributed by atoms with E-state index >= 15 is 0 Å². The van der Waals surface area contributed by atoms with Crippen molar-refractivity contribution >= 4 is 26.5 Å². The summed E-state index contributed by atoms with van der Waals surface area (Å²) in [6, 6.07) is 19.9. The van der Waals surface area contributed by atoms with Crippen LogP contribution in [-0.2, 0) is 14.6 Å².